The molecule has 0 bridgehead atoms. The summed E-state index contributed by atoms with van der Waals surface area (Å²) in [6.07, 6.45) is -0.719. The Morgan fingerprint density at radius 1 is 1.56 bits per heavy atom. The molecular formula is C10H18N4O3S. The molecule has 0 radical (unpaired) electrons. The Balaban J connectivity index is 2.10. The lowest BCUT2D eigenvalue weighted by Crippen LogP contribution is -2.37. The number of aliphatic hydroxyl groups excluding tert-OH is 1. The van der Waals surface area contributed by atoms with Gasteiger partial charge in [0.1, 0.15) is 5.51 Å². The van der Waals surface area contributed by atoms with Crippen LogP contribution in [0.1, 0.15) is 13.8 Å². The predicted octanol–water partition coefficient (Wildman–Crippen LogP) is 0.693. The van der Waals surface area contributed by atoms with E-state index in [1.165, 1.54) is 16.8 Å². The first-order valence-corrected chi connectivity index (χ1v) is 6.52. The lowest BCUT2D eigenvalue weighted by Gasteiger charge is -2.13. The van der Waals surface area contributed by atoms with Crippen molar-refractivity contribution in [3.8, 4) is 0 Å². The number of carbonyl (C=O) groups is 1. The van der Waals surface area contributed by atoms with Gasteiger partial charge in [-0.05, 0) is 5.92 Å². The highest BCUT2D eigenvalue weighted by Crippen LogP contribution is 2.06. The van der Waals surface area contributed by atoms with Crippen LogP contribution in [0.3, 0.4) is 0 Å². The number of amides is 2. The smallest absolute Gasteiger partial charge is 0.321 e. The molecule has 0 saturated heterocycles. The molecule has 0 spiro atoms. The Labute approximate surface area is 110 Å². The molecule has 3 N–H and O–H groups in total. The van der Waals surface area contributed by atoms with E-state index in [0.29, 0.717) is 17.7 Å². The van der Waals surface area contributed by atoms with Gasteiger partial charge in [0.25, 0.3) is 0 Å². The molecule has 7 nitrogen and oxygen atoms in total. The Morgan fingerprint density at radius 3 is 2.94 bits per heavy atom. The predicted molar refractivity (Wildman–Crippen MR) is 68.6 cm³/mol. The normalized spacial score (nSPS) is 12.4. The molecule has 0 aromatic carbocycles. The summed E-state index contributed by atoms with van der Waals surface area (Å²) in [5.74, 6) is 0.422. The van der Waals surface area contributed by atoms with Gasteiger partial charge in [0.05, 0.1) is 12.7 Å². The van der Waals surface area contributed by atoms with Crippen molar-refractivity contribution in [2.75, 3.05) is 25.1 Å². The second-order valence-electron chi connectivity index (χ2n) is 4.16. The molecule has 1 unspecified atom stereocenters. The second kappa shape index (κ2) is 7.96. The zero-order chi connectivity index (χ0) is 13.4. The van der Waals surface area contributed by atoms with E-state index in [4.69, 9.17) is 4.74 Å². The van der Waals surface area contributed by atoms with Crippen molar-refractivity contribution >= 4 is 22.5 Å². The van der Waals surface area contributed by atoms with E-state index in [1.54, 1.807) is 0 Å². The van der Waals surface area contributed by atoms with Crippen molar-refractivity contribution in [2.45, 2.75) is 20.0 Å². The fourth-order valence-electron chi connectivity index (χ4n) is 1.08. The number of rotatable bonds is 7. The van der Waals surface area contributed by atoms with Crippen molar-refractivity contribution in [1.82, 2.24) is 15.5 Å². The molecule has 2 amide bonds. The lowest BCUT2D eigenvalue weighted by atomic mass is 10.2. The van der Waals surface area contributed by atoms with Gasteiger partial charge in [-0.1, -0.05) is 25.2 Å². The minimum Gasteiger partial charge on any atom is -0.389 e. The van der Waals surface area contributed by atoms with Crippen molar-refractivity contribution in [3.63, 3.8) is 0 Å². The highest BCUT2D eigenvalue weighted by Gasteiger charge is 2.08. The maximum Gasteiger partial charge on any atom is 0.321 e. The zero-order valence-corrected chi connectivity index (χ0v) is 11.2. The fraction of sp³-hybridized carbons (Fsp3) is 0.700. The first-order valence-electron chi connectivity index (χ1n) is 5.64. The van der Waals surface area contributed by atoms with Crippen LogP contribution in [0.5, 0.6) is 0 Å². The number of aliphatic hydroxyl groups is 1. The standard InChI is InChI=1S/C10H18N4O3S/c1-7(2)4-17-5-8(15)3-11-9(16)13-10-14-12-6-18-10/h6-8,15H,3-5H2,1-2H3,(H2,11,13,14,16). The first-order chi connectivity index (χ1) is 8.58. The van der Waals surface area contributed by atoms with Gasteiger partial charge in [-0.3, -0.25) is 5.32 Å². The molecule has 0 aliphatic rings. The number of urea groups is 1. The maximum absolute atomic E-state index is 11.4. The van der Waals surface area contributed by atoms with Crippen LogP contribution in [-0.2, 0) is 4.74 Å². The van der Waals surface area contributed by atoms with Gasteiger partial charge >= 0.3 is 6.03 Å². The van der Waals surface area contributed by atoms with Crippen LogP contribution in [0.15, 0.2) is 5.51 Å². The van der Waals surface area contributed by atoms with Gasteiger partial charge < -0.3 is 15.2 Å². The van der Waals surface area contributed by atoms with Crippen molar-refractivity contribution in [3.05, 3.63) is 5.51 Å². The molecule has 0 aliphatic carbocycles. The van der Waals surface area contributed by atoms with Crippen molar-refractivity contribution in [2.24, 2.45) is 5.92 Å². The molecule has 1 rings (SSSR count). The highest BCUT2D eigenvalue weighted by atomic mass is 32.1. The number of nitrogens with zero attached hydrogens (tertiary/aromatic N) is 2. The van der Waals surface area contributed by atoms with Gasteiger partial charge in [0, 0.05) is 13.2 Å². The summed E-state index contributed by atoms with van der Waals surface area (Å²) in [6.45, 7) is 4.98. The van der Waals surface area contributed by atoms with Crippen LogP contribution in [0, 0.1) is 5.92 Å². The third kappa shape index (κ3) is 6.48. The van der Waals surface area contributed by atoms with E-state index in [0.717, 1.165) is 0 Å². The Bertz CT molecular complexity index is 345. The average molecular weight is 274 g/mol. The zero-order valence-electron chi connectivity index (χ0n) is 10.4. The van der Waals surface area contributed by atoms with Gasteiger partial charge in [0.15, 0.2) is 0 Å². The van der Waals surface area contributed by atoms with Crippen LogP contribution < -0.4 is 10.6 Å². The largest absolute Gasteiger partial charge is 0.389 e. The number of anilines is 1. The molecule has 1 aromatic heterocycles. The Morgan fingerprint density at radius 2 is 2.33 bits per heavy atom. The number of nitrogens with one attached hydrogen (secondary N) is 2. The van der Waals surface area contributed by atoms with E-state index in [9.17, 15) is 9.90 Å². The monoisotopic (exact) mass is 274 g/mol. The fourth-order valence-corrected chi connectivity index (χ4v) is 1.52. The van der Waals surface area contributed by atoms with Gasteiger partial charge in [0.2, 0.25) is 5.13 Å². The van der Waals surface area contributed by atoms with Crippen LogP contribution in [0.25, 0.3) is 0 Å². The number of hydrogen-bond donors (Lipinski definition) is 3. The van der Waals surface area contributed by atoms with E-state index in [-0.39, 0.29) is 13.2 Å². The number of ether oxygens (including phenoxy) is 1. The first kappa shape index (κ1) is 14.8. The molecule has 8 heteroatoms. The van der Waals surface area contributed by atoms with Crippen LogP contribution in [-0.4, -0.2) is 47.2 Å². The van der Waals surface area contributed by atoms with Crippen molar-refractivity contribution in [1.29, 1.82) is 0 Å². The summed E-state index contributed by atoms with van der Waals surface area (Å²) in [5, 5.41) is 22.2. The number of carbonyl (C=O) groups excluding carboxylic acids is 1. The minimum atomic E-state index is -0.719. The summed E-state index contributed by atoms with van der Waals surface area (Å²) >= 11 is 1.22. The third-order valence-corrected chi connectivity index (χ3v) is 2.45. The lowest BCUT2D eigenvalue weighted by molar-refractivity contribution is 0.0274. The van der Waals surface area contributed by atoms with Gasteiger partial charge in [-0.25, -0.2) is 4.79 Å². The summed E-state index contributed by atoms with van der Waals surface area (Å²) in [4.78, 5) is 11.4. The molecule has 0 fully saturated rings. The summed E-state index contributed by atoms with van der Waals surface area (Å²) < 4.78 is 5.25. The van der Waals surface area contributed by atoms with Crippen LogP contribution >= 0.6 is 11.3 Å². The summed E-state index contributed by atoms with van der Waals surface area (Å²) in [6, 6.07) is -0.422. The van der Waals surface area contributed by atoms with Crippen molar-refractivity contribution < 1.29 is 14.6 Å². The molecule has 1 aromatic rings. The number of hydrogen-bond acceptors (Lipinski definition) is 6. The quantitative estimate of drug-likeness (QED) is 0.680. The van der Waals surface area contributed by atoms with Crippen LogP contribution in [0.4, 0.5) is 9.93 Å². The number of aromatic nitrogens is 2. The summed E-state index contributed by atoms with van der Waals surface area (Å²) in [5.41, 5.74) is 1.52. The molecule has 1 atom stereocenters. The SMILES string of the molecule is CC(C)COCC(O)CNC(=O)Nc1nncs1. The maximum atomic E-state index is 11.4. The molecule has 18 heavy (non-hydrogen) atoms. The van der Waals surface area contributed by atoms with E-state index in [2.05, 4.69) is 20.8 Å². The molecule has 0 saturated carbocycles. The van der Waals surface area contributed by atoms with E-state index < -0.39 is 12.1 Å². The van der Waals surface area contributed by atoms with E-state index >= 15 is 0 Å². The van der Waals surface area contributed by atoms with Gasteiger partial charge in [-0.2, -0.15) is 0 Å². The Kier molecular flexibility index (Phi) is 6.55. The molecular weight excluding hydrogens is 256 g/mol. The Hall–Kier alpha value is -1.25. The molecule has 1 heterocycles. The van der Waals surface area contributed by atoms with E-state index in [1.807, 2.05) is 13.8 Å². The minimum absolute atomic E-state index is 0.128. The third-order valence-electron chi connectivity index (χ3n) is 1.84. The molecule has 0 aliphatic heterocycles. The highest BCUT2D eigenvalue weighted by molar-refractivity contribution is 7.13. The van der Waals surface area contributed by atoms with Crippen LogP contribution in [0.2, 0.25) is 0 Å². The second-order valence-corrected chi connectivity index (χ2v) is 5.00. The topological polar surface area (TPSA) is 96.4 Å². The van der Waals surface area contributed by atoms with Gasteiger partial charge in [-0.15, -0.1) is 10.2 Å². The molecule has 102 valence electrons. The average Bonchev–Trinajstić information content (AvgIpc) is 2.78. The summed E-state index contributed by atoms with van der Waals surface area (Å²) in [7, 11) is 0.